The summed E-state index contributed by atoms with van der Waals surface area (Å²) in [5.41, 5.74) is 3.35. The van der Waals surface area contributed by atoms with Gasteiger partial charge in [-0.2, -0.15) is 0 Å². The van der Waals surface area contributed by atoms with E-state index in [4.69, 9.17) is 0 Å². The molecule has 122 valence electrons. The van der Waals surface area contributed by atoms with E-state index in [0.29, 0.717) is 0 Å². The first kappa shape index (κ1) is 15.2. The van der Waals surface area contributed by atoms with Gasteiger partial charge in [-0.1, -0.05) is 24.3 Å². The fraction of sp³-hybridized carbons (Fsp3) is 0.300. The van der Waals surface area contributed by atoms with E-state index in [1.54, 1.807) is 0 Å². The maximum Gasteiger partial charge on any atom is 0.0792 e. The molecule has 4 heteroatoms. The Morgan fingerprint density at radius 2 is 1.88 bits per heavy atom. The van der Waals surface area contributed by atoms with E-state index in [1.165, 1.54) is 10.9 Å². The Labute approximate surface area is 142 Å². The van der Waals surface area contributed by atoms with Gasteiger partial charge in [0.1, 0.15) is 0 Å². The highest BCUT2D eigenvalue weighted by atomic mass is 15.2. The number of benzene rings is 1. The average molecular weight is 318 g/mol. The van der Waals surface area contributed by atoms with Crippen LogP contribution in [0, 0.1) is 0 Å². The fourth-order valence-corrected chi connectivity index (χ4v) is 3.47. The number of fused-ring (bicyclic) bond motifs is 1. The van der Waals surface area contributed by atoms with Crippen LogP contribution in [-0.2, 0) is 0 Å². The van der Waals surface area contributed by atoms with Crippen molar-refractivity contribution in [1.29, 1.82) is 0 Å². The van der Waals surface area contributed by atoms with Crippen LogP contribution in [0.5, 0.6) is 0 Å². The summed E-state index contributed by atoms with van der Waals surface area (Å²) in [5.74, 6) is 0. The van der Waals surface area contributed by atoms with Crippen molar-refractivity contribution in [2.45, 2.75) is 12.5 Å². The molecule has 1 aliphatic heterocycles. The molecule has 0 bridgehead atoms. The summed E-state index contributed by atoms with van der Waals surface area (Å²) in [6.07, 6.45) is 5.05. The lowest BCUT2D eigenvalue weighted by atomic mass is 10.0. The van der Waals surface area contributed by atoms with Gasteiger partial charge in [0.05, 0.1) is 17.3 Å². The smallest absolute Gasteiger partial charge is 0.0792 e. The van der Waals surface area contributed by atoms with Crippen LogP contribution < -0.4 is 5.32 Å². The van der Waals surface area contributed by atoms with Crippen molar-refractivity contribution < 1.29 is 0 Å². The highest BCUT2D eigenvalue weighted by molar-refractivity contribution is 5.78. The number of pyridine rings is 2. The molecule has 4 rings (SSSR count). The number of hydrogen-bond acceptors (Lipinski definition) is 4. The van der Waals surface area contributed by atoms with Crippen LogP contribution >= 0.6 is 0 Å². The molecule has 1 aliphatic rings. The summed E-state index contributed by atoms with van der Waals surface area (Å²) in [6.45, 7) is 4.20. The highest BCUT2D eigenvalue weighted by Gasteiger charge is 2.24. The summed E-state index contributed by atoms with van der Waals surface area (Å²) in [7, 11) is 0. The SMILES string of the molecule is c1ccc(C(c2cnc3ccccc3c2)N2CCCNCC2)nc1. The Bertz CT molecular complexity index is 795. The molecule has 1 aromatic carbocycles. The summed E-state index contributed by atoms with van der Waals surface area (Å²) < 4.78 is 0. The number of aromatic nitrogens is 2. The summed E-state index contributed by atoms with van der Waals surface area (Å²) in [6, 6.07) is 16.9. The Balaban J connectivity index is 1.78. The zero-order valence-corrected chi connectivity index (χ0v) is 13.7. The first-order valence-electron chi connectivity index (χ1n) is 8.62. The predicted octanol–water partition coefficient (Wildman–Crippen LogP) is 3.01. The number of rotatable bonds is 3. The van der Waals surface area contributed by atoms with Gasteiger partial charge >= 0.3 is 0 Å². The van der Waals surface area contributed by atoms with Crippen molar-refractivity contribution in [3.05, 3.63) is 72.2 Å². The third-order valence-electron chi connectivity index (χ3n) is 4.64. The normalized spacial score (nSPS) is 17.5. The molecule has 3 heterocycles. The molecule has 1 N–H and O–H groups in total. The third kappa shape index (κ3) is 3.16. The first-order chi connectivity index (χ1) is 11.9. The Morgan fingerprint density at radius 3 is 2.79 bits per heavy atom. The molecule has 0 spiro atoms. The molecular formula is C20H22N4. The standard InChI is InChI=1S/C20H22N4/c1-2-7-18-16(6-1)14-17(15-23-18)20(19-8-3-4-10-22-19)24-12-5-9-21-11-13-24/h1-4,6-8,10,14-15,20-21H,5,9,11-13H2. The third-order valence-corrected chi connectivity index (χ3v) is 4.64. The second-order valence-electron chi connectivity index (χ2n) is 6.26. The van der Waals surface area contributed by atoms with Gasteiger partial charge in [0.2, 0.25) is 0 Å². The quantitative estimate of drug-likeness (QED) is 0.806. The number of para-hydroxylation sites is 1. The van der Waals surface area contributed by atoms with E-state index < -0.39 is 0 Å². The van der Waals surface area contributed by atoms with E-state index in [0.717, 1.165) is 43.8 Å². The van der Waals surface area contributed by atoms with Crippen LogP contribution in [0.25, 0.3) is 10.9 Å². The Kier molecular flexibility index (Phi) is 4.49. The van der Waals surface area contributed by atoms with Crippen LogP contribution in [0.15, 0.2) is 60.9 Å². The van der Waals surface area contributed by atoms with Crippen LogP contribution in [0.4, 0.5) is 0 Å². The molecule has 0 saturated carbocycles. The van der Waals surface area contributed by atoms with Crippen LogP contribution in [0.2, 0.25) is 0 Å². The van der Waals surface area contributed by atoms with E-state index in [-0.39, 0.29) is 6.04 Å². The van der Waals surface area contributed by atoms with Crippen molar-refractivity contribution in [3.8, 4) is 0 Å². The van der Waals surface area contributed by atoms with E-state index in [1.807, 2.05) is 24.5 Å². The minimum absolute atomic E-state index is 0.156. The molecule has 1 fully saturated rings. The second-order valence-corrected chi connectivity index (χ2v) is 6.26. The van der Waals surface area contributed by atoms with Crippen LogP contribution in [-0.4, -0.2) is 41.0 Å². The Hall–Kier alpha value is -2.30. The molecular weight excluding hydrogens is 296 g/mol. The largest absolute Gasteiger partial charge is 0.315 e. The highest BCUT2D eigenvalue weighted by Crippen LogP contribution is 2.29. The topological polar surface area (TPSA) is 41.1 Å². The van der Waals surface area contributed by atoms with Gasteiger partial charge in [-0.25, -0.2) is 0 Å². The van der Waals surface area contributed by atoms with Gasteiger partial charge in [0.25, 0.3) is 0 Å². The van der Waals surface area contributed by atoms with Crippen molar-refractivity contribution in [3.63, 3.8) is 0 Å². The van der Waals surface area contributed by atoms with Gasteiger partial charge in [0.15, 0.2) is 0 Å². The lowest BCUT2D eigenvalue weighted by Gasteiger charge is -2.30. The fourth-order valence-electron chi connectivity index (χ4n) is 3.47. The van der Waals surface area contributed by atoms with Crippen molar-refractivity contribution in [2.24, 2.45) is 0 Å². The lowest BCUT2D eigenvalue weighted by Crippen LogP contribution is -2.33. The van der Waals surface area contributed by atoms with E-state index >= 15 is 0 Å². The maximum atomic E-state index is 4.68. The molecule has 1 saturated heterocycles. The van der Waals surface area contributed by atoms with Gasteiger partial charge in [0, 0.05) is 37.4 Å². The molecule has 24 heavy (non-hydrogen) atoms. The summed E-state index contributed by atoms with van der Waals surface area (Å²) in [4.78, 5) is 11.8. The zero-order valence-electron chi connectivity index (χ0n) is 13.7. The van der Waals surface area contributed by atoms with E-state index in [2.05, 4.69) is 56.6 Å². The zero-order chi connectivity index (χ0) is 16.2. The lowest BCUT2D eigenvalue weighted by molar-refractivity contribution is 0.237. The molecule has 1 atom stereocenters. The van der Waals surface area contributed by atoms with Crippen molar-refractivity contribution in [1.82, 2.24) is 20.2 Å². The average Bonchev–Trinajstić information content (AvgIpc) is 2.92. The summed E-state index contributed by atoms with van der Waals surface area (Å²) >= 11 is 0. The molecule has 1 unspecified atom stereocenters. The van der Waals surface area contributed by atoms with Gasteiger partial charge in [-0.05, 0) is 42.8 Å². The summed E-state index contributed by atoms with van der Waals surface area (Å²) in [5, 5.41) is 4.67. The molecule has 2 aromatic heterocycles. The van der Waals surface area contributed by atoms with Gasteiger partial charge < -0.3 is 5.32 Å². The van der Waals surface area contributed by atoms with Gasteiger partial charge in [-0.3, -0.25) is 14.9 Å². The van der Waals surface area contributed by atoms with Crippen molar-refractivity contribution in [2.75, 3.05) is 26.2 Å². The van der Waals surface area contributed by atoms with E-state index in [9.17, 15) is 0 Å². The number of nitrogens with zero attached hydrogens (tertiary/aromatic N) is 3. The molecule has 0 aliphatic carbocycles. The first-order valence-corrected chi connectivity index (χ1v) is 8.62. The minimum Gasteiger partial charge on any atom is -0.315 e. The Morgan fingerprint density at radius 1 is 0.958 bits per heavy atom. The monoisotopic (exact) mass is 318 g/mol. The maximum absolute atomic E-state index is 4.68. The van der Waals surface area contributed by atoms with Gasteiger partial charge in [-0.15, -0.1) is 0 Å². The second kappa shape index (κ2) is 7.07. The molecule has 0 amide bonds. The minimum atomic E-state index is 0.156. The molecule has 3 aromatic rings. The van der Waals surface area contributed by atoms with Crippen LogP contribution in [0.1, 0.15) is 23.7 Å². The predicted molar refractivity (Wildman–Crippen MR) is 96.9 cm³/mol. The van der Waals surface area contributed by atoms with Crippen molar-refractivity contribution >= 4 is 10.9 Å². The number of nitrogens with one attached hydrogen (secondary N) is 1. The molecule has 0 radical (unpaired) electrons. The molecule has 4 nitrogen and oxygen atoms in total. The van der Waals surface area contributed by atoms with Crippen LogP contribution in [0.3, 0.4) is 0 Å². The number of hydrogen-bond donors (Lipinski definition) is 1.